The van der Waals surface area contributed by atoms with Crippen LogP contribution in [0.3, 0.4) is 0 Å². The fourth-order valence-electron chi connectivity index (χ4n) is 1.67. The molecule has 1 aliphatic heterocycles. The lowest BCUT2D eigenvalue weighted by molar-refractivity contribution is 0.415. The molecule has 0 spiro atoms. The van der Waals surface area contributed by atoms with Crippen molar-refractivity contribution in [2.75, 3.05) is 24.3 Å². The van der Waals surface area contributed by atoms with Gasteiger partial charge in [0.25, 0.3) is 0 Å². The normalized spacial score (nSPS) is 19.1. The highest BCUT2D eigenvalue weighted by molar-refractivity contribution is 5.73. The highest BCUT2D eigenvalue weighted by Gasteiger charge is 2.15. The Morgan fingerprint density at radius 3 is 3.00 bits per heavy atom. The molecule has 1 unspecified atom stereocenters. The van der Waals surface area contributed by atoms with Gasteiger partial charge in [-0.2, -0.15) is 0 Å². The molecule has 1 aromatic rings. The monoisotopic (exact) mass is 192 g/mol. The topological polar surface area (TPSA) is 33.3 Å². The van der Waals surface area contributed by atoms with Gasteiger partial charge in [0, 0.05) is 18.7 Å². The summed E-state index contributed by atoms with van der Waals surface area (Å²) < 4.78 is 5.18. The Kier molecular flexibility index (Phi) is 2.48. The smallest absolute Gasteiger partial charge is 0.121 e. The second kappa shape index (κ2) is 3.78. The molecule has 14 heavy (non-hydrogen) atoms. The minimum atomic E-state index is 0.523. The lowest BCUT2D eigenvalue weighted by Gasteiger charge is -2.27. The van der Waals surface area contributed by atoms with Crippen LogP contribution in [0.4, 0.5) is 11.4 Å². The van der Waals surface area contributed by atoms with Gasteiger partial charge in [-0.3, -0.25) is 0 Å². The van der Waals surface area contributed by atoms with Gasteiger partial charge in [0.05, 0.1) is 18.5 Å². The van der Waals surface area contributed by atoms with E-state index in [9.17, 15) is 0 Å². The van der Waals surface area contributed by atoms with Gasteiger partial charge in [0.1, 0.15) is 5.75 Å². The van der Waals surface area contributed by atoms with E-state index >= 15 is 0 Å². The average Bonchev–Trinajstić information content (AvgIpc) is 2.27. The zero-order valence-electron chi connectivity index (χ0n) is 8.63. The van der Waals surface area contributed by atoms with Crippen LogP contribution in [0.15, 0.2) is 18.2 Å². The summed E-state index contributed by atoms with van der Waals surface area (Å²) in [6, 6.07) is 6.58. The maximum absolute atomic E-state index is 5.18. The van der Waals surface area contributed by atoms with E-state index in [1.54, 1.807) is 7.11 Å². The summed E-state index contributed by atoms with van der Waals surface area (Å²) in [5, 5.41) is 6.88. The third-order valence-corrected chi connectivity index (χ3v) is 2.62. The third-order valence-electron chi connectivity index (χ3n) is 2.62. The van der Waals surface area contributed by atoms with Gasteiger partial charge in [-0.05, 0) is 18.6 Å². The summed E-state index contributed by atoms with van der Waals surface area (Å²) in [5.41, 5.74) is 2.30. The molecule has 1 heterocycles. The summed E-state index contributed by atoms with van der Waals surface area (Å²) in [4.78, 5) is 0. The Morgan fingerprint density at radius 1 is 1.43 bits per heavy atom. The Bertz CT molecular complexity index is 325. The number of methoxy groups -OCH3 is 1. The molecule has 0 fully saturated rings. The molecule has 0 aliphatic carbocycles. The van der Waals surface area contributed by atoms with Crippen LogP contribution in [-0.2, 0) is 0 Å². The molecular weight excluding hydrogens is 176 g/mol. The number of hydrogen-bond donors (Lipinski definition) is 2. The number of ether oxygens (including phenoxy) is 1. The molecule has 76 valence electrons. The first-order chi connectivity index (χ1) is 6.83. The predicted octanol–water partition coefficient (Wildman–Crippen LogP) is 2.31. The van der Waals surface area contributed by atoms with Crippen molar-refractivity contribution in [3.05, 3.63) is 18.2 Å². The first-order valence-corrected chi connectivity index (χ1v) is 5.02. The molecule has 2 N–H and O–H groups in total. The van der Waals surface area contributed by atoms with E-state index in [2.05, 4.69) is 17.6 Å². The highest BCUT2D eigenvalue weighted by Crippen LogP contribution is 2.30. The van der Waals surface area contributed by atoms with Crippen LogP contribution >= 0.6 is 0 Å². The molecule has 1 aromatic carbocycles. The van der Waals surface area contributed by atoms with E-state index in [1.165, 1.54) is 0 Å². The number of rotatable bonds is 2. The van der Waals surface area contributed by atoms with Gasteiger partial charge in [-0.25, -0.2) is 0 Å². The lowest BCUT2D eigenvalue weighted by Crippen LogP contribution is -2.32. The van der Waals surface area contributed by atoms with Crippen LogP contribution in [0.1, 0.15) is 13.3 Å². The maximum Gasteiger partial charge on any atom is 0.121 e. The van der Waals surface area contributed by atoms with Crippen LogP contribution in [0.5, 0.6) is 5.75 Å². The molecule has 0 radical (unpaired) electrons. The predicted molar refractivity (Wildman–Crippen MR) is 59.2 cm³/mol. The molecular formula is C11H16N2O. The lowest BCUT2D eigenvalue weighted by atomic mass is 10.1. The van der Waals surface area contributed by atoms with E-state index in [-0.39, 0.29) is 0 Å². The molecule has 0 aromatic heterocycles. The van der Waals surface area contributed by atoms with Crippen molar-refractivity contribution < 1.29 is 4.74 Å². The molecule has 0 saturated carbocycles. The van der Waals surface area contributed by atoms with Gasteiger partial charge in [0.2, 0.25) is 0 Å². The zero-order chi connectivity index (χ0) is 9.97. The number of benzene rings is 1. The third kappa shape index (κ3) is 1.62. The Labute approximate surface area is 84.5 Å². The summed E-state index contributed by atoms with van der Waals surface area (Å²) >= 11 is 0. The molecule has 3 heteroatoms. The Hall–Kier alpha value is -1.38. The maximum atomic E-state index is 5.18. The van der Waals surface area contributed by atoms with Crippen molar-refractivity contribution in [3.8, 4) is 5.75 Å². The molecule has 1 atom stereocenters. The number of anilines is 2. The SMILES string of the molecule is CCC1CNc2ccc(OC)cc2N1. The summed E-state index contributed by atoms with van der Waals surface area (Å²) in [6.07, 6.45) is 1.13. The van der Waals surface area contributed by atoms with Crippen molar-refractivity contribution >= 4 is 11.4 Å². The fraction of sp³-hybridized carbons (Fsp3) is 0.455. The minimum absolute atomic E-state index is 0.523. The number of nitrogens with one attached hydrogen (secondary N) is 2. The quantitative estimate of drug-likeness (QED) is 0.754. The van der Waals surface area contributed by atoms with Gasteiger partial charge < -0.3 is 15.4 Å². The summed E-state index contributed by atoms with van der Waals surface area (Å²) in [6.45, 7) is 3.18. The first-order valence-electron chi connectivity index (χ1n) is 5.02. The molecule has 2 rings (SSSR count). The van der Waals surface area contributed by atoms with Crippen molar-refractivity contribution in [3.63, 3.8) is 0 Å². The average molecular weight is 192 g/mol. The summed E-state index contributed by atoms with van der Waals surface area (Å²) in [7, 11) is 1.69. The molecule has 3 nitrogen and oxygen atoms in total. The largest absolute Gasteiger partial charge is 0.497 e. The van der Waals surface area contributed by atoms with Crippen LogP contribution < -0.4 is 15.4 Å². The van der Waals surface area contributed by atoms with Gasteiger partial charge in [-0.1, -0.05) is 6.92 Å². The van der Waals surface area contributed by atoms with E-state index in [1.807, 2.05) is 18.2 Å². The van der Waals surface area contributed by atoms with Crippen molar-refractivity contribution in [1.29, 1.82) is 0 Å². The molecule has 1 aliphatic rings. The van der Waals surface area contributed by atoms with Gasteiger partial charge in [-0.15, -0.1) is 0 Å². The molecule has 0 bridgehead atoms. The second-order valence-corrected chi connectivity index (χ2v) is 3.54. The summed E-state index contributed by atoms with van der Waals surface area (Å²) in [5.74, 6) is 0.898. The Balaban J connectivity index is 2.25. The van der Waals surface area contributed by atoms with Gasteiger partial charge >= 0.3 is 0 Å². The number of fused-ring (bicyclic) bond motifs is 1. The van der Waals surface area contributed by atoms with Crippen LogP contribution in [0, 0.1) is 0 Å². The van der Waals surface area contributed by atoms with Crippen molar-refractivity contribution in [2.24, 2.45) is 0 Å². The first kappa shape index (κ1) is 9.19. The molecule has 0 saturated heterocycles. The number of hydrogen-bond acceptors (Lipinski definition) is 3. The standard InChI is InChI=1S/C11H16N2O/c1-3-8-7-12-10-5-4-9(14-2)6-11(10)13-8/h4-6,8,12-13H,3,7H2,1-2H3. The molecule has 0 amide bonds. The Morgan fingerprint density at radius 2 is 2.29 bits per heavy atom. The van der Waals surface area contributed by atoms with Crippen LogP contribution in [0.2, 0.25) is 0 Å². The van der Waals surface area contributed by atoms with E-state index in [4.69, 9.17) is 4.74 Å². The van der Waals surface area contributed by atoms with Gasteiger partial charge in [0.15, 0.2) is 0 Å². The van der Waals surface area contributed by atoms with Crippen molar-refractivity contribution in [1.82, 2.24) is 0 Å². The highest BCUT2D eigenvalue weighted by atomic mass is 16.5. The zero-order valence-corrected chi connectivity index (χ0v) is 8.63. The second-order valence-electron chi connectivity index (χ2n) is 3.54. The van der Waals surface area contributed by atoms with Crippen LogP contribution in [-0.4, -0.2) is 19.7 Å². The minimum Gasteiger partial charge on any atom is -0.497 e. The fourth-order valence-corrected chi connectivity index (χ4v) is 1.67. The van der Waals surface area contributed by atoms with E-state index in [0.717, 1.165) is 30.1 Å². The van der Waals surface area contributed by atoms with E-state index in [0.29, 0.717) is 6.04 Å². The van der Waals surface area contributed by atoms with Crippen molar-refractivity contribution in [2.45, 2.75) is 19.4 Å². The van der Waals surface area contributed by atoms with E-state index < -0.39 is 0 Å². The van der Waals surface area contributed by atoms with Crippen LogP contribution in [0.25, 0.3) is 0 Å².